The van der Waals surface area contributed by atoms with Gasteiger partial charge in [0.1, 0.15) is 5.76 Å². The first kappa shape index (κ1) is 18.5. The Morgan fingerprint density at radius 3 is 2.59 bits per heavy atom. The van der Waals surface area contributed by atoms with Gasteiger partial charge in [0.2, 0.25) is 5.56 Å². The molecule has 0 unspecified atom stereocenters. The standard InChI is InChI=1S/C22H19N3O4/c1-12-21(13(2)29-25-12)15-8-17-18(23-11-14-6-4-3-5-7-14)10-20(26)24-19(17)9-16(15)22(27)28/h3-10H,11H2,1-2H3,(H,27,28)(H2,23,24,26). The van der Waals surface area contributed by atoms with Gasteiger partial charge in [-0.25, -0.2) is 4.79 Å². The number of aryl methyl sites for hydroxylation is 2. The van der Waals surface area contributed by atoms with Crippen LogP contribution < -0.4 is 10.9 Å². The fourth-order valence-corrected chi connectivity index (χ4v) is 3.49. The molecule has 0 saturated heterocycles. The molecule has 4 aromatic rings. The Morgan fingerprint density at radius 2 is 1.93 bits per heavy atom. The van der Waals surface area contributed by atoms with Crippen molar-refractivity contribution < 1.29 is 14.4 Å². The third kappa shape index (κ3) is 3.50. The third-order valence-electron chi connectivity index (χ3n) is 4.84. The molecular weight excluding hydrogens is 370 g/mol. The SMILES string of the molecule is Cc1noc(C)c1-c1cc2c(NCc3ccccc3)cc(=O)[nH]c2cc1C(=O)O. The van der Waals surface area contributed by atoms with Gasteiger partial charge in [-0.15, -0.1) is 0 Å². The van der Waals surface area contributed by atoms with Crippen LogP contribution in [0.4, 0.5) is 5.69 Å². The van der Waals surface area contributed by atoms with E-state index < -0.39 is 5.97 Å². The number of benzene rings is 2. The number of rotatable bonds is 5. The van der Waals surface area contributed by atoms with Crippen LogP contribution in [0.5, 0.6) is 0 Å². The maximum absolute atomic E-state index is 12.2. The number of nitrogens with one attached hydrogen (secondary N) is 2. The molecule has 7 heteroatoms. The molecular formula is C22H19N3O4. The molecule has 7 nitrogen and oxygen atoms in total. The van der Waals surface area contributed by atoms with Gasteiger partial charge in [-0.2, -0.15) is 0 Å². The van der Waals surface area contributed by atoms with Crippen LogP contribution in [0.15, 0.2) is 57.8 Å². The smallest absolute Gasteiger partial charge is 0.336 e. The molecule has 2 aromatic carbocycles. The van der Waals surface area contributed by atoms with Crippen molar-refractivity contribution in [3.8, 4) is 11.1 Å². The number of aromatic nitrogens is 2. The van der Waals surface area contributed by atoms with Crippen LogP contribution in [0.2, 0.25) is 0 Å². The second kappa shape index (κ2) is 7.27. The second-order valence-electron chi connectivity index (χ2n) is 6.83. The van der Waals surface area contributed by atoms with Gasteiger partial charge >= 0.3 is 5.97 Å². The van der Waals surface area contributed by atoms with Crippen LogP contribution in [0, 0.1) is 13.8 Å². The average Bonchev–Trinajstić information content (AvgIpc) is 3.04. The van der Waals surface area contributed by atoms with Gasteiger partial charge in [-0.3, -0.25) is 4.79 Å². The lowest BCUT2D eigenvalue weighted by atomic mass is 9.95. The molecule has 0 radical (unpaired) electrons. The zero-order chi connectivity index (χ0) is 20.5. The van der Waals surface area contributed by atoms with Crippen molar-refractivity contribution in [2.24, 2.45) is 0 Å². The molecule has 0 atom stereocenters. The van der Waals surface area contributed by atoms with Gasteiger partial charge in [0.15, 0.2) is 0 Å². The van der Waals surface area contributed by atoms with Gasteiger partial charge in [-0.1, -0.05) is 35.5 Å². The third-order valence-corrected chi connectivity index (χ3v) is 4.84. The summed E-state index contributed by atoms with van der Waals surface area (Å²) in [7, 11) is 0. The van der Waals surface area contributed by atoms with E-state index in [2.05, 4.69) is 15.5 Å². The average molecular weight is 389 g/mol. The molecule has 0 spiro atoms. The summed E-state index contributed by atoms with van der Waals surface area (Å²) >= 11 is 0. The van der Waals surface area contributed by atoms with Crippen molar-refractivity contribution >= 4 is 22.6 Å². The molecule has 4 rings (SSSR count). The van der Waals surface area contributed by atoms with Gasteiger partial charge in [0.25, 0.3) is 0 Å². The molecule has 0 aliphatic heterocycles. The Hall–Kier alpha value is -3.87. The van der Waals surface area contributed by atoms with E-state index in [1.165, 1.54) is 12.1 Å². The summed E-state index contributed by atoms with van der Waals surface area (Å²) in [5, 5.41) is 17.7. The monoisotopic (exact) mass is 389 g/mol. The predicted octanol–water partition coefficient (Wildman–Crippen LogP) is 4.11. The summed E-state index contributed by atoms with van der Waals surface area (Å²) in [6.45, 7) is 4.04. The van der Waals surface area contributed by atoms with E-state index in [9.17, 15) is 14.7 Å². The van der Waals surface area contributed by atoms with Crippen LogP contribution in [-0.2, 0) is 6.54 Å². The molecule has 0 saturated carbocycles. The van der Waals surface area contributed by atoms with E-state index in [4.69, 9.17) is 4.52 Å². The van der Waals surface area contributed by atoms with E-state index in [0.717, 1.165) is 5.56 Å². The second-order valence-corrected chi connectivity index (χ2v) is 6.83. The van der Waals surface area contributed by atoms with Crippen molar-refractivity contribution in [1.82, 2.24) is 10.1 Å². The van der Waals surface area contributed by atoms with E-state index in [-0.39, 0.29) is 11.1 Å². The van der Waals surface area contributed by atoms with Gasteiger partial charge < -0.3 is 19.9 Å². The number of aromatic amines is 1. The molecule has 2 aromatic heterocycles. The van der Waals surface area contributed by atoms with Crippen molar-refractivity contribution in [2.75, 3.05) is 5.32 Å². The molecule has 0 amide bonds. The van der Waals surface area contributed by atoms with E-state index in [1.54, 1.807) is 19.9 Å². The number of fused-ring (bicyclic) bond motifs is 1. The first-order valence-electron chi connectivity index (χ1n) is 9.09. The highest BCUT2D eigenvalue weighted by Crippen LogP contribution is 2.34. The maximum Gasteiger partial charge on any atom is 0.336 e. The maximum atomic E-state index is 12.2. The van der Waals surface area contributed by atoms with E-state index in [1.807, 2.05) is 30.3 Å². The molecule has 2 heterocycles. The number of carboxylic acids is 1. The topological polar surface area (TPSA) is 108 Å². The molecule has 3 N–H and O–H groups in total. The highest BCUT2D eigenvalue weighted by Gasteiger charge is 2.21. The Morgan fingerprint density at radius 1 is 1.17 bits per heavy atom. The minimum absolute atomic E-state index is 0.0720. The highest BCUT2D eigenvalue weighted by molar-refractivity contribution is 6.04. The molecule has 146 valence electrons. The normalized spacial score (nSPS) is 11.0. The Balaban J connectivity index is 1.90. The van der Waals surface area contributed by atoms with Crippen LogP contribution >= 0.6 is 0 Å². The summed E-state index contributed by atoms with van der Waals surface area (Å²) in [5.74, 6) is -0.557. The lowest BCUT2D eigenvalue weighted by Crippen LogP contribution is -2.10. The summed E-state index contributed by atoms with van der Waals surface area (Å²) in [6, 6.07) is 14.5. The first-order valence-corrected chi connectivity index (χ1v) is 9.09. The number of pyridine rings is 1. The number of H-pyrrole nitrogens is 1. The number of carboxylic acid groups (broad SMARTS) is 1. The largest absolute Gasteiger partial charge is 0.478 e. The summed E-state index contributed by atoms with van der Waals surface area (Å²) in [5.41, 5.74) is 3.64. The molecule has 0 aliphatic carbocycles. The fourth-order valence-electron chi connectivity index (χ4n) is 3.49. The lowest BCUT2D eigenvalue weighted by molar-refractivity contribution is 0.0698. The molecule has 0 fully saturated rings. The Kier molecular flexibility index (Phi) is 4.64. The summed E-state index contributed by atoms with van der Waals surface area (Å²) in [4.78, 5) is 26.8. The first-order chi connectivity index (χ1) is 13.9. The van der Waals surface area contributed by atoms with Gasteiger partial charge in [0.05, 0.1) is 16.8 Å². The van der Waals surface area contributed by atoms with Crippen LogP contribution in [0.25, 0.3) is 22.0 Å². The summed E-state index contributed by atoms with van der Waals surface area (Å²) < 4.78 is 5.23. The fraction of sp³-hybridized carbons (Fsp3) is 0.136. The predicted molar refractivity (Wildman–Crippen MR) is 110 cm³/mol. The molecule has 0 bridgehead atoms. The summed E-state index contributed by atoms with van der Waals surface area (Å²) in [6.07, 6.45) is 0. The number of carbonyl (C=O) groups is 1. The number of hydrogen-bond donors (Lipinski definition) is 3. The van der Waals surface area contributed by atoms with Crippen LogP contribution in [-0.4, -0.2) is 21.2 Å². The zero-order valence-corrected chi connectivity index (χ0v) is 15.9. The number of nitrogens with zero attached hydrogens (tertiary/aromatic N) is 1. The number of anilines is 1. The molecule has 29 heavy (non-hydrogen) atoms. The van der Waals surface area contributed by atoms with Crippen LogP contribution in [0.1, 0.15) is 27.4 Å². The zero-order valence-electron chi connectivity index (χ0n) is 15.9. The van der Waals surface area contributed by atoms with E-state index >= 15 is 0 Å². The van der Waals surface area contributed by atoms with Crippen molar-refractivity contribution in [2.45, 2.75) is 20.4 Å². The molecule has 0 aliphatic rings. The van der Waals surface area contributed by atoms with E-state index in [0.29, 0.717) is 45.7 Å². The van der Waals surface area contributed by atoms with Gasteiger partial charge in [0, 0.05) is 34.8 Å². The van der Waals surface area contributed by atoms with Crippen molar-refractivity contribution in [3.05, 3.63) is 81.5 Å². The Bertz CT molecular complexity index is 1250. The Labute approximate surface area is 166 Å². The quantitative estimate of drug-likeness (QED) is 0.474. The highest BCUT2D eigenvalue weighted by atomic mass is 16.5. The number of aromatic carboxylic acids is 1. The van der Waals surface area contributed by atoms with Crippen LogP contribution in [0.3, 0.4) is 0 Å². The minimum Gasteiger partial charge on any atom is -0.478 e. The van der Waals surface area contributed by atoms with Gasteiger partial charge in [-0.05, 0) is 31.5 Å². The number of hydrogen-bond acceptors (Lipinski definition) is 5. The van der Waals surface area contributed by atoms with Crippen molar-refractivity contribution in [1.29, 1.82) is 0 Å². The minimum atomic E-state index is -1.09. The van der Waals surface area contributed by atoms with Crippen molar-refractivity contribution in [3.63, 3.8) is 0 Å². The lowest BCUT2D eigenvalue weighted by Gasteiger charge is -2.13.